The molecule has 0 unspecified atom stereocenters. The van der Waals surface area contributed by atoms with Gasteiger partial charge in [0, 0.05) is 18.4 Å². The Kier molecular flexibility index (Phi) is 8.79. The Labute approximate surface area is 199 Å². The first kappa shape index (κ1) is 25.0. The number of aliphatic carboxylic acids is 1. The molecule has 0 saturated heterocycles. The van der Waals surface area contributed by atoms with Crippen LogP contribution in [-0.2, 0) is 17.6 Å². The maximum Gasteiger partial charge on any atom is 0.303 e. The lowest BCUT2D eigenvalue weighted by molar-refractivity contribution is -0.136. The van der Waals surface area contributed by atoms with E-state index >= 15 is 0 Å². The van der Waals surface area contributed by atoms with E-state index in [-0.39, 0.29) is 18.0 Å². The standard InChI is InChI=1S/C28H29FO5/c1-3-20-5-13-26(25(18-20)28(32)22-6-10-23(29)11-7-22)34-16-4-15-33-24-12-8-21(19(2)17-24)9-14-27(30)31/h5-8,10-13,17-18H,3-4,9,14-16H2,1-2H3,(H,30,31). The van der Waals surface area contributed by atoms with Gasteiger partial charge in [-0.1, -0.05) is 19.1 Å². The average molecular weight is 465 g/mol. The SMILES string of the molecule is CCc1ccc(OCCCOc2ccc(CCC(=O)O)c(C)c2)c(C(=O)c2ccc(F)cc2)c1. The number of carbonyl (C=O) groups excluding carboxylic acids is 1. The minimum absolute atomic E-state index is 0.100. The highest BCUT2D eigenvalue weighted by molar-refractivity contribution is 6.10. The van der Waals surface area contributed by atoms with E-state index in [0.717, 1.165) is 28.9 Å². The smallest absolute Gasteiger partial charge is 0.303 e. The Morgan fingerprint density at radius 2 is 1.68 bits per heavy atom. The minimum Gasteiger partial charge on any atom is -0.493 e. The molecule has 34 heavy (non-hydrogen) atoms. The third-order valence-electron chi connectivity index (χ3n) is 5.54. The molecule has 0 heterocycles. The lowest BCUT2D eigenvalue weighted by Crippen LogP contribution is -2.09. The van der Waals surface area contributed by atoms with E-state index in [1.807, 2.05) is 44.2 Å². The maximum absolute atomic E-state index is 13.2. The van der Waals surface area contributed by atoms with Crippen molar-refractivity contribution in [3.05, 3.63) is 94.3 Å². The maximum atomic E-state index is 13.2. The lowest BCUT2D eigenvalue weighted by Gasteiger charge is -2.13. The molecule has 0 fully saturated rings. The van der Waals surface area contributed by atoms with Crippen molar-refractivity contribution < 1.29 is 28.6 Å². The molecule has 3 aromatic rings. The Bertz CT molecular complexity index is 1140. The van der Waals surface area contributed by atoms with Crippen molar-refractivity contribution in [2.24, 2.45) is 0 Å². The van der Waals surface area contributed by atoms with E-state index in [1.165, 1.54) is 24.3 Å². The summed E-state index contributed by atoms with van der Waals surface area (Å²) >= 11 is 0. The summed E-state index contributed by atoms with van der Waals surface area (Å²) in [5.41, 5.74) is 3.87. The van der Waals surface area contributed by atoms with Crippen molar-refractivity contribution >= 4 is 11.8 Å². The molecule has 0 aliphatic heterocycles. The van der Waals surface area contributed by atoms with E-state index in [9.17, 15) is 14.0 Å². The van der Waals surface area contributed by atoms with Crippen molar-refractivity contribution in [3.63, 3.8) is 0 Å². The summed E-state index contributed by atoms with van der Waals surface area (Å²) in [5.74, 6) is -0.201. The first-order valence-corrected chi connectivity index (χ1v) is 11.4. The van der Waals surface area contributed by atoms with Crippen molar-refractivity contribution in [1.82, 2.24) is 0 Å². The molecular weight excluding hydrogens is 435 g/mol. The predicted octanol–water partition coefficient (Wildman–Crippen LogP) is 5.79. The number of carboxylic acid groups (broad SMARTS) is 1. The Morgan fingerprint density at radius 3 is 2.35 bits per heavy atom. The molecule has 0 spiro atoms. The molecule has 0 bridgehead atoms. The van der Waals surface area contributed by atoms with Crippen LogP contribution in [0.25, 0.3) is 0 Å². The number of ketones is 1. The van der Waals surface area contributed by atoms with Gasteiger partial charge >= 0.3 is 5.97 Å². The van der Waals surface area contributed by atoms with E-state index in [1.54, 1.807) is 6.07 Å². The van der Waals surface area contributed by atoms with Crippen LogP contribution in [0.4, 0.5) is 4.39 Å². The van der Waals surface area contributed by atoms with Crippen LogP contribution in [0.1, 0.15) is 52.4 Å². The minimum atomic E-state index is -0.813. The van der Waals surface area contributed by atoms with Crippen molar-refractivity contribution in [2.45, 2.75) is 39.5 Å². The molecule has 0 aliphatic carbocycles. The first-order chi connectivity index (χ1) is 16.4. The number of hydrogen-bond acceptors (Lipinski definition) is 4. The van der Waals surface area contributed by atoms with Crippen molar-refractivity contribution in [1.29, 1.82) is 0 Å². The number of aryl methyl sites for hydroxylation is 3. The quantitative estimate of drug-likeness (QED) is 0.271. The van der Waals surface area contributed by atoms with Crippen molar-refractivity contribution in [2.75, 3.05) is 13.2 Å². The lowest BCUT2D eigenvalue weighted by atomic mass is 9.99. The predicted molar refractivity (Wildman–Crippen MR) is 128 cm³/mol. The number of ether oxygens (including phenoxy) is 2. The summed E-state index contributed by atoms with van der Waals surface area (Å²) in [6, 6.07) is 16.7. The molecule has 0 radical (unpaired) electrons. The Hall–Kier alpha value is -3.67. The zero-order valence-electron chi connectivity index (χ0n) is 19.5. The van der Waals surface area contributed by atoms with E-state index in [2.05, 4.69) is 0 Å². The normalized spacial score (nSPS) is 10.7. The zero-order chi connectivity index (χ0) is 24.5. The van der Waals surface area contributed by atoms with Crippen LogP contribution >= 0.6 is 0 Å². The van der Waals surface area contributed by atoms with Crippen LogP contribution in [0.5, 0.6) is 11.5 Å². The molecule has 0 aliphatic rings. The molecule has 178 valence electrons. The summed E-state index contributed by atoms with van der Waals surface area (Å²) in [5, 5.41) is 8.84. The fourth-order valence-electron chi connectivity index (χ4n) is 3.57. The molecule has 3 rings (SSSR count). The third-order valence-corrected chi connectivity index (χ3v) is 5.54. The second kappa shape index (κ2) is 12.0. The number of hydrogen-bond donors (Lipinski definition) is 1. The van der Waals surface area contributed by atoms with Crippen LogP contribution in [-0.4, -0.2) is 30.1 Å². The van der Waals surface area contributed by atoms with Gasteiger partial charge in [-0.25, -0.2) is 4.39 Å². The number of halogens is 1. The van der Waals surface area contributed by atoms with Gasteiger partial charge in [-0.2, -0.15) is 0 Å². The molecule has 0 aromatic heterocycles. The number of carbonyl (C=O) groups is 2. The highest BCUT2D eigenvalue weighted by Gasteiger charge is 2.16. The molecule has 1 N–H and O–H groups in total. The van der Waals surface area contributed by atoms with Gasteiger partial charge in [-0.05, 0) is 85.0 Å². The average Bonchev–Trinajstić information content (AvgIpc) is 2.83. The van der Waals surface area contributed by atoms with Crippen LogP contribution in [0.15, 0.2) is 60.7 Å². The fraction of sp³-hybridized carbons (Fsp3) is 0.286. The van der Waals surface area contributed by atoms with Gasteiger partial charge in [0.05, 0.1) is 18.8 Å². The van der Waals surface area contributed by atoms with Gasteiger partial charge in [0.15, 0.2) is 5.78 Å². The molecule has 0 amide bonds. The summed E-state index contributed by atoms with van der Waals surface area (Å²) in [6.07, 6.45) is 1.99. The summed E-state index contributed by atoms with van der Waals surface area (Å²) in [4.78, 5) is 23.8. The first-order valence-electron chi connectivity index (χ1n) is 11.4. The molecule has 0 saturated carbocycles. The zero-order valence-corrected chi connectivity index (χ0v) is 19.5. The second-order valence-corrected chi connectivity index (χ2v) is 8.05. The summed E-state index contributed by atoms with van der Waals surface area (Å²) < 4.78 is 25.0. The van der Waals surface area contributed by atoms with Crippen molar-refractivity contribution in [3.8, 4) is 11.5 Å². The highest BCUT2D eigenvalue weighted by atomic mass is 19.1. The van der Waals surface area contributed by atoms with Gasteiger partial charge in [0.1, 0.15) is 17.3 Å². The van der Waals surface area contributed by atoms with Gasteiger partial charge < -0.3 is 14.6 Å². The Balaban J connectivity index is 1.56. The van der Waals surface area contributed by atoms with Gasteiger partial charge in [0.25, 0.3) is 0 Å². The van der Waals surface area contributed by atoms with Crippen LogP contribution in [0, 0.1) is 12.7 Å². The van der Waals surface area contributed by atoms with Gasteiger partial charge in [-0.3, -0.25) is 9.59 Å². The molecule has 5 nitrogen and oxygen atoms in total. The largest absolute Gasteiger partial charge is 0.493 e. The number of benzene rings is 3. The summed E-state index contributed by atoms with van der Waals surface area (Å²) in [6.45, 7) is 4.75. The van der Waals surface area contributed by atoms with E-state index in [0.29, 0.717) is 42.9 Å². The number of carboxylic acids is 1. The van der Waals surface area contributed by atoms with Gasteiger partial charge in [-0.15, -0.1) is 0 Å². The Morgan fingerprint density at radius 1 is 0.941 bits per heavy atom. The van der Waals surface area contributed by atoms with E-state index < -0.39 is 5.97 Å². The molecular formula is C28H29FO5. The monoisotopic (exact) mass is 464 g/mol. The van der Waals surface area contributed by atoms with Crippen LogP contribution < -0.4 is 9.47 Å². The van der Waals surface area contributed by atoms with E-state index in [4.69, 9.17) is 14.6 Å². The third kappa shape index (κ3) is 6.91. The molecule has 6 heteroatoms. The number of rotatable bonds is 12. The summed E-state index contributed by atoms with van der Waals surface area (Å²) in [7, 11) is 0. The topological polar surface area (TPSA) is 72.8 Å². The van der Waals surface area contributed by atoms with Crippen LogP contribution in [0.3, 0.4) is 0 Å². The molecule has 3 aromatic carbocycles. The van der Waals surface area contributed by atoms with Crippen LogP contribution in [0.2, 0.25) is 0 Å². The second-order valence-electron chi connectivity index (χ2n) is 8.05. The highest BCUT2D eigenvalue weighted by Crippen LogP contribution is 2.25. The fourth-order valence-corrected chi connectivity index (χ4v) is 3.57. The van der Waals surface area contributed by atoms with Gasteiger partial charge in [0.2, 0.25) is 0 Å². The molecule has 0 atom stereocenters.